The van der Waals surface area contributed by atoms with Gasteiger partial charge in [-0.2, -0.15) is 0 Å². The third-order valence-corrected chi connectivity index (χ3v) is 7.36. The van der Waals surface area contributed by atoms with Crippen LogP contribution in [0.1, 0.15) is 68.5 Å². The highest BCUT2D eigenvalue weighted by molar-refractivity contribution is 5.82. The minimum absolute atomic E-state index is 0.594. The average Bonchev–Trinajstić information content (AvgIpc) is 3.31. The normalized spacial score (nSPS) is 19.4. The van der Waals surface area contributed by atoms with Crippen LogP contribution in [0.3, 0.4) is 0 Å². The van der Waals surface area contributed by atoms with Gasteiger partial charge in [0.25, 0.3) is 0 Å². The van der Waals surface area contributed by atoms with Crippen LogP contribution in [0.4, 0.5) is 0 Å². The van der Waals surface area contributed by atoms with E-state index in [-0.39, 0.29) is 0 Å². The first-order chi connectivity index (χ1) is 15.3. The Bertz CT molecular complexity index is 1000. The van der Waals surface area contributed by atoms with Gasteiger partial charge in [-0.15, -0.1) is 0 Å². The lowest BCUT2D eigenvalue weighted by atomic mass is 9.80. The van der Waals surface area contributed by atoms with Crippen molar-refractivity contribution in [3.63, 3.8) is 0 Å². The highest BCUT2D eigenvalue weighted by Gasteiger charge is 2.22. The lowest BCUT2D eigenvalue weighted by molar-refractivity contribution is 0.263. The monoisotopic (exact) mass is 414 g/mol. The summed E-state index contributed by atoms with van der Waals surface area (Å²) in [6.07, 6.45) is 16.9. The smallest absolute Gasteiger partial charge is 0.134 e. The van der Waals surface area contributed by atoms with E-state index in [1.807, 2.05) is 18.3 Å². The minimum atomic E-state index is 0.594. The third-order valence-electron chi connectivity index (χ3n) is 7.36. The van der Waals surface area contributed by atoms with Gasteiger partial charge in [-0.25, -0.2) is 0 Å². The fourth-order valence-electron chi connectivity index (χ4n) is 5.50. The molecule has 1 aromatic carbocycles. The molecule has 1 saturated carbocycles. The predicted octanol–water partition coefficient (Wildman–Crippen LogP) is 7.06. The summed E-state index contributed by atoms with van der Waals surface area (Å²) in [5, 5.41) is 1.18. The van der Waals surface area contributed by atoms with Crippen molar-refractivity contribution in [2.24, 2.45) is 5.92 Å². The fourth-order valence-corrected chi connectivity index (χ4v) is 5.50. The Hall–Kier alpha value is -2.39. The Morgan fingerprint density at radius 2 is 2.00 bits per heavy atom. The molecule has 0 bridgehead atoms. The zero-order chi connectivity index (χ0) is 20.9. The van der Waals surface area contributed by atoms with Crippen molar-refractivity contribution in [2.45, 2.75) is 57.3 Å². The third kappa shape index (κ3) is 5.10. The zero-order valence-electron chi connectivity index (χ0n) is 18.5. The van der Waals surface area contributed by atoms with Gasteiger partial charge in [-0.05, 0) is 67.1 Å². The van der Waals surface area contributed by atoms with E-state index < -0.39 is 0 Å². The maximum Gasteiger partial charge on any atom is 0.134 e. The van der Waals surface area contributed by atoms with Crippen molar-refractivity contribution in [1.82, 2.24) is 9.88 Å². The van der Waals surface area contributed by atoms with Crippen LogP contribution in [0.15, 0.2) is 65.4 Å². The van der Waals surface area contributed by atoms with Gasteiger partial charge in [0.15, 0.2) is 0 Å². The molecule has 1 unspecified atom stereocenters. The first-order valence-corrected chi connectivity index (χ1v) is 12.1. The van der Waals surface area contributed by atoms with E-state index in [1.54, 1.807) is 6.26 Å². The molecule has 1 fully saturated rings. The molecule has 3 heterocycles. The Labute approximate surface area is 186 Å². The van der Waals surface area contributed by atoms with Crippen molar-refractivity contribution in [3.05, 3.63) is 72.3 Å². The van der Waals surface area contributed by atoms with Gasteiger partial charge in [0.2, 0.25) is 0 Å². The number of fused-ring (bicyclic) bond motifs is 1. The largest absolute Gasteiger partial charge is 0.464 e. The molecule has 0 saturated heterocycles. The van der Waals surface area contributed by atoms with Crippen LogP contribution in [-0.4, -0.2) is 29.5 Å². The molecule has 3 aromatic rings. The Kier molecular flexibility index (Phi) is 6.50. The summed E-state index contributed by atoms with van der Waals surface area (Å²) in [5.41, 5.74) is 5.05. The molecule has 1 atom stereocenters. The van der Waals surface area contributed by atoms with Gasteiger partial charge in [0, 0.05) is 36.3 Å². The number of benzene rings is 1. The average molecular weight is 415 g/mol. The lowest BCUT2D eigenvalue weighted by Gasteiger charge is -2.30. The SMILES string of the molecule is C1=C(c2ccc3ccoc3c2)CCN(CCC(CC2CCCCC2)c2ccccn2)C1. The van der Waals surface area contributed by atoms with Gasteiger partial charge in [0.1, 0.15) is 5.58 Å². The molecule has 31 heavy (non-hydrogen) atoms. The van der Waals surface area contributed by atoms with Crippen LogP contribution in [0.5, 0.6) is 0 Å². The minimum Gasteiger partial charge on any atom is -0.464 e. The van der Waals surface area contributed by atoms with E-state index >= 15 is 0 Å². The topological polar surface area (TPSA) is 29.3 Å². The second-order valence-electron chi connectivity index (χ2n) is 9.43. The van der Waals surface area contributed by atoms with Crippen LogP contribution in [0, 0.1) is 5.92 Å². The van der Waals surface area contributed by atoms with Gasteiger partial charge in [-0.1, -0.05) is 56.4 Å². The first kappa shape index (κ1) is 20.5. The van der Waals surface area contributed by atoms with Crippen molar-refractivity contribution in [1.29, 1.82) is 0 Å². The summed E-state index contributed by atoms with van der Waals surface area (Å²) >= 11 is 0. The standard InChI is InChI=1S/C28H34N2O/c1-2-6-22(7-3-1)20-26(27-8-4-5-15-29-27)13-18-30-16-11-23(12-17-30)25-10-9-24-14-19-31-28(24)21-25/h4-5,8-11,14-15,19,21-22,26H,1-3,6-7,12-13,16-18,20H2. The maximum absolute atomic E-state index is 5.60. The number of rotatable bonds is 7. The molecule has 162 valence electrons. The molecular formula is C28H34N2O. The molecule has 5 rings (SSSR count). The summed E-state index contributed by atoms with van der Waals surface area (Å²) in [6.45, 7) is 3.35. The summed E-state index contributed by atoms with van der Waals surface area (Å²) in [4.78, 5) is 7.36. The number of hydrogen-bond acceptors (Lipinski definition) is 3. The quantitative estimate of drug-likeness (QED) is 0.414. The van der Waals surface area contributed by atoms with E-state index in [0.717, 1.165) is 37.6 Å². The molecule has 3 heteroatoms. The molecule has 0 radical (unpaired) electrons. The van der Waals surface area contributed by atoms with E-state index in [4.69, 9.17) is 9.40 Å². The zero-order valence-corrected chi connectivity index (χ0v) is 18.5. The number of aromatic nitrogens is 1. The second kappa shape index (κ2) is 9.82. The number of pyridine rings is 1. The predicted molar refractivity (Wildman–Crippen MR) is 128 cm³/mol. The molecular weight excluding hydrogens is 380 g/mol. The molecule has 1 aliphatic heterocycles. The van der Waals surface area contributed by atoms with Crippen molar-refractivity contribution in [2.75, 3.05) is 19.6 Å². The van der Waals surface area contributed by atoms with E-state index in [9.17, 15) is 0 Å². The Morgan fingerprint density at radius 3 is 2.81 bits per heavy atom. The molecule has 3 nitrogen and oxygen atoms in total. The summed E-state index contributed by atoms with van der Waals surface area (Å²) in [6, 6.07) is 15.1. The number of furan rings is 1. The molecule has 0 N–H and O–H groups in total. The Balaban J connectivity index is 1.20. The van der Waals surface area contributed by atoms with E-state index in [2.05, 4.69) is 41.3 Å². The highest BCUT2D eigenvalue weighted by atomic mass is 16.3. The van der Waals surface area contributed by atoms with Crippen molar-refractivity contribution < 1.29 is 4.42 Å². The maximum atomic E-state index is 5.60. The van der Waals surface area contributed by atoms with Gasteiger partial charge in [0.05, 0.1) is 6.26 Å². The van der Waals surface area contributed by atoms with E-state index in [1.165, 1.54) is 67.2 Å². The molecule has 2 aromatic heterocycles. The fraction of sp³-hybridized carbons (Fsp3) is 0.464. The first-order valence-electron chi connectivity index (χ1n) is 12.1. The Morgan fingerprint density at radius 1 is 1.06 bits per heavy atom. The highest BCUT2D eigenvalue weighted by Crippen LogP contribution is 2.34. The summed E-state index contributed by atoms with van der Waals surface area (Å²) in [7, 11) is 0. The van der Waals surface area contributed by atoms with Crippen LogP contribution in [-0.2, 0) is 0 Å². The summed E-state index contributed by atoms with van der Waals surface area (Å²) < 4.78 is 5.60. The van der Waals surface area contributed by atoms with Crippen LogP contribution < -0.4 is 0 Å². The van der Waals surface area contributed by atoms with Gasteiger partial charge < -0.3 is 4.42 Å². The molecule has 0 amide bonds. The summed E-state index contributed by atoms with van der Waals surface area (Å²) in [5.74, 6) is 1.49. The van der Waals surface area contributed by atoms with Crippen LogP contribution >= 0.6 is 0 Å². The van der Waals surface area contributed by atoms with Gasteiger partial charge >= 0.3 is 0 Å². The lowest BCUT2D eigenvalue weighted by Crippen LogP contribution is -2.30. The number of nitrogens with zero attached hydrogens (tertiary/aromatic N) is 2. The van der Waals surface area contributed by atoms with Crippen molar-refractivity contribution in [3.8, 4) is 0 Å². The van der Waals surface area contributed by atoms with Crippen LogP contribution in [0.25, 0.3) is 16.5 Å². The molecule has 2 aliphatic rings. The van der Waals surface area contributed by atoms with Gasteiger partial charge in [-0.3, -0.25) is 9.88 Å². The number of hydrogen-bond donors (Lipinski definition) is 0. The molecule has 1 aliphatic carbocycles. The molecule has 0 spiro atoms. The van der Waals surface area contributed by atoms with E-state index in [0.29, 0.717) is 5.92 Å². The van der Waals surface area contributed by atoms with Crippen molar-refractivity contribution >= 4 is 16.5 Å². The second-order valence-corrected chi connectivity index (χ2v) is 9.43. The van der Waals surface area contributed by atoms with Crippen LogP contribution in [0.2, 0.25) is 0 Å².